The number of nitrogens with one attached hydrogen (secondary N) is 1. The molecule has 2 N–H and O–H groups in total. The van der Waals surface area contributed by atoms with Crippen LogP contribution in [0.1, 0.15) is 12.8 Å². The first-order valence-corrected chi connectivity index (χ1v) is 8.97. The van der Waals surface area contributed by atoms with Crippen LogP contribution in [-0.2, 0) is 14.8 Å². The normalized spacial score (nSPS) is 17.0. The number of aromatic nitrogens is 4. The number of sulfonamides is 1. The monoisotopic (exact) mass is 371 g/mol. The zero-order valence-electron chi connectivity index (χ0n) is 12.4. The highest BCUT2D eigenvalue weighted by Crippen LogP contribution is 2.30. The number of hydrogen-bond acceptors (Lipinski definition) is 6. The summed E-state index contributed by atoms with van der Waals surface area (Å²) in [6.45, 7) is 0.332. The number of hydrogen-bond donors (Lipinski definition) is 2. The van der Waals surface area contributed by atoms with Crippen molar-refractivity contribution in [1.82, 2.24) is 24.9 Å². The van der Waals surface area contributed by atoms with Crippen LogP contribution in [0.4, 0.5) is 0 Å². The maximum absolute atomic E-state index is 12.8. The molecule has 0 spiro atoms. The van der Waals surface area contributed by atoms with Gasteiger partial charge in [-0.15, -0.1) is 10.2 Å². The van der Waals surface area contributed by atoms with Crippen LogP contribution >= 0.6 is 11.6 Å². The molecule has 11 heteroatoms. The highest BCUT2D eigenvalue weighted by molar-refractivity contribution is 7.89. The molecule has 1 saturated heterocycles. The molecule has 1 aromatic heterocycles. The molecule has 3 rings (SSSR count). The van der Waals surface area contributed by atoms with E-state index in [0.717, 1.165) is 0 Å². The second-order valence-corrected chi connectivity index (χ2v) is 7.74. The van der Waals surface area contributed by atoms with Gasteiger partial charge < -0.3 is 5.11 Å². The molecular formula is C13H14ClN5O4S. The van der Waals surface area contributed by atoms with E-state index in [1.54, 1.807) is 0 Å². The van der Waals surface area contributed by atoms with Gasteiger partial charge in [0.05, 0.1) is 15.8 Å². The zero-order valence-corrected chi connectivity index (χ0v) is 14.0. The predicted octanol–water partition coefficient (Wildman–Crippen LogP) is 1.01. The van der Waals surface area contributed by atoms with Crippen LogP contribution in [0.5, 0.6) is 0 Å². The van der Waals surface area contributed by atoms with E-state index in [1.807, 2.05) is 0 Å². The Hall–Kier alpha value is -2.04. The fraction of sp³-hybridized carbons (Fsp3) is 0.385. The molecule has 0 amide bonds. The molecule has 0 saturated carbocycles. The lowest BCUT2D eigenvalue weighted by Gasteiger charge is -2.29. The Morgan fingerprint density at radius 2 is 2.04 bits per heavy atom. The van der Waals surface area contributed by atoms with Crippen LogP contribution in [0.15, 0.2) is 23.1 Å². The van der Waals surface area contributed by atoms with Crippen molar-refractivity contribution >= 4 is 27.6 Å². The smallest absolute Gasteiger partial charge is 0.306 e. The van der Waals surface area contributed by atoms with Crippen molar-refractivity contribution in [2.24, 2.45) is 5.92 Å². The number of benzene rings is 1. The summed E-state index contributed by atoms with van der Waals surface area (Å²) < 4.78 is 26.8. The molecule has 0 atom stereocenters. The van der Waals surface area contributed by atoms with Gasteiger partial charge in [-0.2, -0.15) is 9.52 Å². The van der Waals surface area contributed by atoms with Gasteiger partial charge in [0.25, 0.3) is 0 Å². The Balaban J connectivity index is 1.88. The largest absolute Gasteiger partial charge is 0.481 e. The molecule has 2 heterocycles. The van der Waals surface area contributed by atoms with Gasteiger partial charge >= 0.3 is 5.97 Å². The summed E-state index contributed by atoms with van der Waals surface area (Å²) >= 11 is 6.08. The summed E-state index contributed by atoms with van der Waals surface area (Å²) in [5, 5.41) is 22.7. The molecule has 24 heavy (non-hydrogen) atoms. The molecule has 0 radical (unpaired) electrons. The van der Waals surface area contributed by atoms with Gasteiger partial charge in [-0.05, 0) is 36.3 Å². The second kappa shape index (κ2) is 6.46. The number of carbonyl (C=O) groups is 1. The van der Waals surface area contributed by atoms with E-state index in [1.165, 1.54) is 22.5 Å². The van der Waals surface area contributed by atoms with Crippen LogP contribution < -0.4 is 0 Å². The lowest BCUT2D eigenvalue weighted by Crippen LogP contribution is -2.40. The van der Waals surface area contributed by atoms with E-state index < -0.39 is 21.9 Å². The molecule has 1 fully saturated rings. The maximum Gasteiger partial charge on any atom is 0.306 e. The Morgan fingerprint density at radius 1 is 1.33 bits per heavy atom. The average molecular weight is 372 g/mol. The van der Waals surface area contributed by atoms with Crippen molar-refractivity contribution in [3.8, 4) is 11.4 Å². The average Bonchev–Trinajstić information content (AvgIpc) is 3.09. The molecule has 0 unspecified atom stereocenters. The van der Waals surface area contributed by atoms with E-state index in [9.17, 15) is 13.2 Å². The van der Waals surface area contributed by atoms with Crippen LogP contribution in [-0.4, -0.2) is 57.5 Å². The van der Waals surface area contributed by atoms with E-state index in [0.29, 0.717) is 23.4 Å². The van der Waals surface area contributed by atoms with Crippen molar-refractivity contribution in [3.05, 3.63) is 23.2 Å². The zero-order chi connectivity index (χ0) is 17.3. The number of carboxylic acid groups (broad SMARTS) is 1. The van der Waals surface area contributed by atoms with Crippen molar-refractivity contribution in [2.75, 3.05) is 13.1 Å². The topological polar surface area (TPSA) is 129 Å². The molecule has 2 aromatic rings. The van der Waals surface area contributed by atoms with Gasteiger partial charge in [0.2, 0.25) is 15.8 Å². The lowest BCUT2D eigenvalue weighted by molar-refractivity contribution is -0.142. The third kappa shape index (κ3) is 3.12. The standard InChI is InChI=1S/C13H14ClN5O4S/c14-11-2-1-9(7-10(11)12-15-17-18-16-12)24(22,23)19-5-3-8(4-6-19)13(20)21/h1-2,7-8H,3-6H2,(H,20,21)(H,15,16,17,18). The number of rotatable bonds is 4. The SMILES string of the molecule is O=C(O)C1CCN(S(=O)(=O)c2ccc(Cl)c(-c3nn[nH]n3)c2)CC1. The molecular weight excluding hydrogens is 358 g/mol. The lowest BCUT2D eigenvalue weighted by atomic mass is 9.99. The van der Waals surface area contributed by atoms with Crippen LogP contribution in [0.25, 0.3) is 11.4 Å². The summed E-state index contributed by atoms with van der Waals surface area (Å²) in [5.41, 5.74) is 0.354. The molecule has 1 aromatic carbocycles. The van der Waals surface area contributed by atoms with Crippen molar-refractivity contribution < 1.29 is 18.3 Å². The van der Waals surface area contributed by atoms with Gasteiger partial charge in [0, 0.05) is 18.7 Å². The molecule has 0 bridgehead atoms. The minimum Gasteiger partial charge on any atom is -0.481 e. The number of tetrazole rings is 1. The van der Waals surface area contributed by atoms with Crippen molar-refractivity contribution in [2.45, 2.75) is 17.7 Å². The molecule has 9 nitrogen and oxygen atoms in total. The Labute approximate surface area is 142 Å². The fourth-order valence-electron chi connectivity index (χ4n) is 2.60. The van der Waals surface area contributed by atoms with Gasteiger partial charge in [-0.3, -0.25) is 4.79 Å². The number of carboxylic acids is 1. The second-order valence-electron chi connectivity index (χ2n) is 5.39. The van der Waals surface area contributed by atoms with Crippen LogP contribution in [0, 0.1) is 5.92 Å². The number of nitrogens with zero attached hydrogens (tertiary/aromatic N) is 4. The predicted molar refractivity (Wildman–Crippen MR) is 83.7 cm³/mol. The minimum absolute atomic E-state index is 0.0560. The highest BCUT2D eigenvalue weighted by atomic mass is 35.5. The van der Waals surface area contributed by atoms with Crippen LogP contribution in [0.2, 0.25) is 5.02 Å². The summed E-state index contributed by atoms with van der Waals surface area (Å²) in [6, 6.07) is 4.26. The highest BCUT2D eigenvalue weighted by Gasteiger charge is 2.32. The number of aromatic amines is 1. The Morgan fingerprint density at radius 3 is 2.62 bits per heavy atom. The van der Waals surface area contributed by atoms with Gasteiger partial charge in [0.1, 0.15) is 0 Å². The Bertz CT molecular complexity index is 847. The Kier molecular flexibility index (Phi) is 4.52. The maximum atomic E-state index is 12.8. The van der Waals surface area contributed by atoms with Gasteiger partial charge in [-0.1, -0.05) is 11.6 Å². The van der Waals surface area contributed by atoms with E-state index in [2.05, 4.69) is 20.6 Å². The summed E-state index contributed by atoms with van der Waals surface area (Å²) in [7, 11) is -3.75. The third-order valence-corrected chi connectivity index (χ3v) is 6.19. The summed E-state index contributed by atoms with van der Waals surface area (Å²) in [5.74, 6) is -1.20. The molecule has 0 aliphatic carbocycles. The van der Waals surface area contributed by atoms with Crippen molar-refractivity contribution in [3.63, 3.8) is 0 Å². The van der Waals surface area contributed by atoms with E-state index >= 15 is 0 Å². The number of aliphatic carboxylic acids is 1. The minimum atomic E-state index is -3.75. The van der Waals surface area contributed by atoms with E-state index in [4.69, 9.17) is 16.7 Å². The number of halogens is 1. The van der Waals surface area contributed by atoms with Crippen molar-refractivity contribution in [1.29, 1.82) is 0 Å². The van der Waals surface area contributed by atoms with Crippen LogP contribution in [0.3, 0.4) is 0 Å². The first-order chi connectivity index (χ1) is 11.4. The molecule has 1 aliphatic heterocycles. The third-order valence-electron chi connectivity index (χ3n) is 3.97. The quantitative estimate of drug-likeness (QED) is 0.820. The summed E-state index contributed by atoms with van der Waals surface area (Å²) in [6.07, 6.45) is 0.583. The number of piperidine rings is 1. The molecule has 128 valence electrons. The fourth-order valence-corrected chi connectivity index (χ4v) is 4.30. The first kappa shape index (κ1) is 16.8. The number of H-pyrrole nitrogens is 1. The van der Waals surface area contributed by atoms with Gasteiger partial charge in [0.15, 0.2) is 0 Å². The van der Waals surface area contributed by atoms with E-state index in [-0.39, 0.29) is 23.8 Å². The van der Waals surface area contributed by atoms with Gasteiger partial charge in [-0.25, -0.2) is 8.42 Å². The summed E-state index contributed by atoms with van der Waals surface area (Å²) in [4.78, 5) is 11.0. The first-order valence-electron chi connectivity index (χ1n) is 7.16. The molecule has 1 aliphatic rings.